The summed E-state index contributed by atoms with van der Waals surface area (Å²) in [4.78, 5) is 18.0. The van der Waals surface area contributed by atoms with Crippen LogP contribution in [-0.4, -0.2) is 79.0 Å². The van der Waals surface area contributed by atoms with E-state index in [0.29, 0.717) is 42.2 Å². The second kappa shape index (κ2) is 10.7. The van der Waals surface area contributed by atoms with E-state index in [2.05, 4.69) is 72.4 Å². The number of rotatable bonds is 9. The summed E-state index contributed by atoms with van der Waals surface area (Å²) in [6.45, 7) is 12.4. The summed E-state index contributed by atoms with van der Waals surface area (Å²) < 4.78 is 12.7. The smallest absolute Gasteiger partial charge is 0.223 e. The fourth-order valence-electron chi connectivity index (χ4n) is 4.71. The van der Waals surface area contributed by atoms with Crippen LogP contribution in [0.2, 0.25) is 0 Å². The molecule has 0 bridgehead atoms. The third-order valence-electron chi connectivity index (χ3n) is 6.70. The molecule has 0 aliphatic carbocycles. The lowest BCUT2D eigenvalue weighted by molar-refractivity contribution is 0.104. The maximum atomic E-state index is 5.95. The van der Waals surface area contributed by atoms with Crippen molar-refractivity contribution in [3.8, 4) is 5.75 Å². The van der Waals surface area contributed by atoms with Gasteiger partial charge < -0.3 is 20.3 Å². The number of nitrogen functional groups attached to an aromatic ring is 1. The molecule has 0 saturated carbocycles. The minimum Gasteiger partial charge on any atom is -0.496 e. The predicted molar refractivity (Wildman–Crippen MR) is 140 cm³/mol. The topological polar surface area (TPSA) is 136 Å². The van der Waals surface area contributed by atoms with Crippen molar-refractivity contribution in [1.82, 2.24) is 39.7 Å². The van der Waals surface area contributed by atoms with Crippen molar-refractivity contribution in [2.75, 3.05) is 44.3 Å². The zero-order valence-electron chi connectivity index (χ0n) is 21.8. The molecule has 3 aromatic heterocycles. The largest absolute Gasteiger partial charge is 0.496 e. The van der Waals surface area contributed by atoms with Gasteiger partial charge in [-0.05, 0) is 25.5 Å². The van der Waals surface area contributed by atoms with Crippen molar-refractivity contribution >= 4 is 22.8 Å². The number of benzene rings is 1. The van der Waals surface area contributed by atoms with E-state index in [-0.39, 0.29) is 5.95 Å². The van der Waals surface area contributed by atoms with Crippen LogP contribution in [0.5, 0.6) is 5.75 Å². The fourth-order valence-corrected chi connectivity index (χ4v) is 4.71. The Morgan fingerprint density at radius 1 is 1.11 bits per heavy atom. The van der Waals surface area contributed by atoms with Gasteiger partial charge in [-0.25, -0.2) is 4.98 Å². The highest BCUT2D eigenvalue weighted by Crippen LogP contribution is 2.26. The minimum absolute atomic E-state index is 0.162. The van der Waals surface area contributed by atoms with E-state index in [9.17, 15) is 0 Å². The Bertz CT molecular complexity index is 1360. The molecule has 1 fully saturated rings. The summed E-state index contributed by atoms with van der Waals surface area (Å²) in [5, 5.41) is 11.7. The van der Waals surface area contributed by atoms with Gasteiger partial charge in [-0.2, -0.15) is 15.1 Å². The number of methoxy groups -OCH3 is 1. The fraction of sp³-hybridized carbons (Fsp3) is 0.480. The molecule has 0 unspecified atom stereocenters. The number of anilines is 2. The Morgan fingerprint density at radius 3 is 2.62 bits per heavy atom. The van der Waals surface area contributed by atoms with E-state index >= 15 is 0 Å². The van der Waals surface area contributed by atoms with Gasteiger partial charge in [-0.1, -0.05) is 17.3 Å². The van der Waals surface area contributed by atoms with Crippen LogP contribution in [0.1, 0.15) is 36.7 Å². The SMILES string of the molecule is COc1cc(CN2CCN(C(C)C)CC2)ccc1Cn1ncc2nc(N)nc(NCc3noc(C)n3)c21. The average Bonchev–Trinajstić information content (AvgIpc) is 3.49. The van der Waals surface area contributed by atoms with Crippen molar-refractivity contribution in [3.63, 3.8) is 0 Å². The number of aryl methyl sites for hydroxylation is 1. The average molecular weight is 507 g/mol. The maximum absolute atomic E-state index is 5.95. The molecule has 4 heterocycles. The molecular weight excluding hydrogens is 472 g/mol. The Kier molecular flexibility index (Phi) is 7.19. The number of fused-ring (bicyclic) bond motifs is 1. The molecule has 196 valence electrons. The van der Waals surface area contributed by atoms with Gasteiger partial charge in [0.05, 0.1) is 26.4 Å². The van der Waals surface area contributed by atoms with Gasteiger partial charge >= 0.3 is 0 Å². The first-order valence-corrected chi connectivity index (χ1v) is 12.5. The van der Waals surface area contributed by atoms with Crippen LogP contribution in [0, 0.1) is 6.92 Å². The van der Waals surface area contributed by atoms with Crippen LogP contribution in [0.15, 0.2) is 28.9 Å². The molecule has 0 atom stereocenters. The molecular formula is C25H34N10O2. The highest BCUT2D eigenvalue weighted by molar-refractivity contribution is 5.86. The molecule has 37 heavy (non-hydrogen) atoms. The van der Waals surface area contributed by atoms with Gasteiger partial charge in [0.15, 0.2) is 11.6 Å². The number of hydrogen-bond donors (Lipinski definition) is 2. The third-order valence-corrected chi connectivity index (χ3v) is 6.70. The Hall–Kier alpha value is -3.77. The van der Waals surface area contributed by atoms with Crippen LogP contribution in [0.3, 0.4) is 0 Å². The quantitative estimate of drug-likeness (QED) is 0.346. The first-order valence-electron chi connectivity index (χ1n) is 12.5. The molecule has 3 N–H and O–H groups in total. The van der Waals surface area contributed by atoms with Crippen molar-refractivity contribution < 1.29 is 9.26 Å². The molecule has 1 saturated heterocycles. The zero-order valence-corrected chi connectivity index (χ0v) is 21.8. The summed E-state index contributed by atoms with van der Waals surface area (Å²) in [5.41, 5.74) is 9.58. The number of hydrogen-bond acceptors (Lipinski definition) is 11. The van der Waals surface area contributed by atoms with Crippen LogP contribution in [0.25, 0.3) is 11.0 Å². The first kappa shape index (κ1) is 24.9. The van der Waals surface area contributed by atoms with Gasteiger partial charge in [0.25, 0.3) is 0 Å². The van der Waals surface area contributed by atoms with Gasteiger partial charge in [0.1, 0.15) is 16.8 Å². The standard InChI is InChI=1S/C25H34N10O2/c1-16(2)34-9-7-33(8-10-34)14-18-5-6-19(21(11-18)36-4)15-35-23-20(12-28-35)30-25(26)31-24(23)27-13-22-29-17(3)37-32-22/h5-6,11-12,16H,7-10,13-15H2,1-4H3,(H3,26,27,30,31). The number of nitrogens with one attached hydrogen (secondary N) is 1. The molecule has 1 aliphatic heterocycles. The van der Waals surface area contributed by atoms with Crippen molar-refractivity contribution in [3.05, 3.63) is 47.2 Å². The molecule has 12 nitrogen and oxygen atoms in total. The maximum Gasteiger partial charge on any atom is 0.223 e. The van der Waals surface area contributed by atoms with Crippen LogP contribution >= 0.6 is 0 Å². The van der Waals surface area contributed by atoms with Gasteiger partial charge in [-0.15, -0.1) is 0 Å². The third kappa shape index (κ3) is 5.65. The summed E-state index contributed by atoms with van der Waals surface area (Å²) in [7, 11) is 1.70. The van der Waals surface area contributed by atoms with E-state index in [0.717, 1.165) is 49.6 Å². The van der Waals surface area contributed by atoms with Gasteiger partial charge in [-0.3, -0.25) is 14.5 Å². The lowest BCUT2D eigenvalue weighted by atomic mass is 10.1. The molecule has 0 radical (unpaired) electrons. The molecule has 5 rings (SSSR count). The Morgan fingerprint density at radius 2 is 1.92 bits per heavy atom. The summed E-state index contributed by atoms with van der Waals surface area (Å²) in [6.07, 6.45) is 1.69. The second-order valence-electron chi connectivity index (χ2n) is 9.60. The van der Waals surface area contributed by atoms with Crippen LogP contribution in [-0.2, 0) is 19.6 Å². The van der Waals surface area contributed by atoms with Gasteiger partial charge in [0.2, 0.25) is 11.8 Å². The molecule has 12 heteroatoms. The second-order valence-corrected chi connectivity index (χ2v) is 9.60. The summed E-state index contributed by atoms with van der Waals surface area (Å²) in [5.74, 6) is 2.57. The molecule has 4 aromatic rings. The van der Waals surface area contributed by atoms with Crippen molar-refractivity contribution in [2.45, 2.75) is 46.4 Å². The van der Waals surface area contributed by atoms with Crippen LogP contribution < -0.4 is 15.8 Å². The molecule has 1 aromatic carbocycles. The van der Waals surface area contributed by atoms with E-state index in [4.69, 9.17) is 15.0 Å². The molecule has 0 amide bonds. The van der Waals surface area contributed by atoms with Crippen LogP contribution in [0.4, 0.5) is 11.8 Å². The number of aromatic nitrogens is 6. The van der Waals surface area contributed by atoms with E-state index in [1.165, 1.54) is 5.56 Å². The number of ether oxygens (including phenoxy) is 1. The normalized spacial score (nSPS) is 15.1. The number of nitrogens with zero attached hydrogens (tertiary/aromatic N) is 8. The van der Waals surface area contributed by atoms with Crippen molar-refractivity contribution in [1.29, 1.82) is 0 Å². The Labute approximate surface area is 215 Å². The highest BCUT2D eigenvalue weighted by Gasteiger charge is 2.20. The van der Waals surface area contributed by atoms with Crippen molar-refractivity contribution in [2.24, 2.45) is 0 Å². The predicted octanol–water partition coefficient (Wildman–Crippen LogP) is 2.29. The van der Waals surface area contributed by atoms with E-state index in [1.54, 1.807) is 20.2 Å². The van der Waals surface area contributed by atoms with E-state index in [1.807, 2.05) is 4.68 Å². The zero-order chi connectivity index (χ0) is 25.9. The Balaban J connectivity index is 1.33. The minimum atomic E-state index is 0.162. The number of piperazine rings is 1. The van der Waals surface area contributed by atoms with Gasteiger partial charge in [0, 0.05) is 51.3 Å². The monoisotopic (exact) mass is 506 g/mol. The summed E-state index contributed by atoms with van der Waals surface area (Å²) in [6, 6.07) is 7.01. The lowest BCUT2D eigenvalue weighted by Gasteiger charge is -2.37. The molecule has 0 spiro atoms. The number of nitrogens with two attached hydrogens (primary N) is 1. The van der Waals surface area contributed by atoms with E-state index < -0.39 is 0 Å². The molecule has 1 aliphatic rings. The first-order chi connectivity index (χ1) is 17.9. The lowest BCUT2D eigenvalue weighted by Crippen LogP contribution is -2.48. The highest BCUT2D eigenvalue weighted by atomic mass is 16.5. The summed E-state index contributed by atoms with van der Waals surface area (Å²) >= 11 is 0.